The van der Waals surface area contributed by atoms with Crippen molar-refractivity contribution in [3.05, 3.63) is 34.6 Å². The van der Waals surface area contributed by atoms with E-state index in [0.717, 1.165) is 25.9 Å². The van der Waals surface area contributed by atoms with E-state index in [9.17, 15) is 9.18 Å². The van der Waals surface area contributed by atoms with E-state index in [1.165, 1.54) is 6.07 Å². The van der Waals surface area contributed by atoms with Gasteiger partial charge in [0, 0.05) is 17.1 Å². The van der Waals surface area contributed by atoms with Crippen molar-refractivity contribution in [2.45, 2.75) is 31.8 Å². The van der Waals surface area contributed by atoms with Crippen molar-refractivity contribution >= 4 is 42.3 Å². The largest absolute Gasteiger partial charge is 0.353 e. The number of nitrogens with zero attached hydrogens (tertiary/aromatic N) is 1. The second-order valence-electron chi connectivity index (χ2n) is 5.43. The Morgan fingerprint density at radius 1 is 1.39 bits per heavy atom. The fourth-order valence-corrected chi connectivity index (χ4v) is 2.94. The van der Waals surface area contributed by atoms with Gasteiger partial charge in [-0.05, 0) is 45.0 Å². The topological polar surface area (TPSA) is 58.4 Å². The van der Waals surface area contributed by atoms with Crippen LogP contribution in [0.5, 0.6) is 0 Å². The Hall–Kier alpha value is -0.590. The van der Waals surface area contributed by atoms with Crippen LogP contribution in [0.1, 0.15) is 31.4 Å². The number of hydrogen-bond donors (Lipinski definition) is 2. The van der Waals surface area contributed by atoms with Crippen molar-refractivity contribution in [1.82, 2.24) is 10.2 Å². The number of benzene rings is 1. The van der Waals surface area contributed by atoms with Crippen LogP contribution >= 0.6 is 36.4 Å². The SMILES string of the molecule is C[C@@H](N)C(=O)NCC(c1c(F)cccc1Cl)N1CCCC1.Cl.Cl. The molecule has 2 atom stereocenters. The maximum absolute atomic E-state index is 14.2. The fourth-order valence-electron chi connectivity index (χ4n) is 2.65. The van der Waals surface area contributed by atoms with Gasteiger partial charge in [-0.25, -0.2) is 4.39 Å². The molecule has 1 aromatic rings. The monoisotopic (exact) mass is 385 g/mol. The first-order valence-electron chi connectivity index (χ1n) is 7.22. The van der Waals surface area contributed by atoms with E-state index in [0.29, 0.717) is 17.1 Å². The third-order valence-corrected chi connectivity index (χ3v) is 4.13. The number of hydrogen-bond acceptors (Lipinski definition) is 3. The third-order valence-electron chi connectivity index (χ3n) is 3.80. The lowest BCUT2D eigenvalue weighted by Crippen LogP contribution is -2.43. The van der Waals surface area contributed by atoms with Gasteiger partial charge in [0.2, 0.25) is 5.91 Å². The van der Waals surface area contributed by atoms with Gasteiger partial charge < -0.3 is 11.1 Å². The Kier molecular flexibility index (Phi) is 10.0. The van der Waals surface area contributed by atoms with Gasteiger partial charge in [0.05, 0.1) is 12.1 Å². The molecule has 4 nitrogen and oxygen atoms in total. The van der Waals surface area contributed by atoms with Crippen LogP contribution in [-0.4, -0.2) is 36.5 Å². The highest BCUT2D eigenvalue weighted by atomic mass is 35.5. The number of nitrogens with one attached hydrogen (secondary N) is 1. The molecule has 0 aliphatic carbocycles. The third kappa shape index (κ3) is 5.76. The molecule has 3 N–H and O–H groups in total. The summed E-state index contributed by atoms with van der Waals surface area (Å²) in [7, 11) is 0. The highest BCUT2D eigenvalue weighted by molar-refractivity contribution is 6.31. The standard InChI is InChI=1S/C15H21ClFN3O.2ClH/c1-10(18)15(21)19-9-13(20-7-2-3-8-20)14-11(16)5-4-6-12(14)17;;/h4-6,10,13H,2-3,7-9,18H2,1H3,(H,19,21);2*1H/t10-,13?;;/m1../s1. The Morgan fingerprint density at radius 2 is 2.00 bits per heavy atom. The number of nitrogens with two attached hydrogens (primary N) is 1. The molecule has 1 heterocycles. The number of rotatable bonds is 5. The molecule has 0 radical (unpaired) electrons. The van der Waals surface area contributed by atoms with Gasteiger partial charge in [0.25, 0.3) is 0 Å². The molecule has 1 fully saturated rings. The van der Waals surface area contributed by atoms with Crippen LogP contribution in [0.25, 0.3) is 0 Å². The van der Waals surface area contributed by atoms with Crippen LogP contribution in [0.3, 0.4) is 0 Å². The lowest BCUT2D eigenvalue weighted by molar-refractivity contribution is -0.122. The van der Waals surface area contributed by atoms with Gasteiger partial charge in [-0.3, -0.25) is 9.69 Å². The molecule has 1 unspecified atom stereocenters. The van der Waals surface area contributed by atoms with E-state index < -0.39 is 6.04 Å². The van der Waals surface area contributed by atoms with Crippen molar-refractivity contribution < 1.29 is 9.18 Å². The average Bonchev–Trinajstić information content (AvgIpc) is 2.95. The van der Waals surface area contributed by atoms with Gasteiger partial charge in [-0.2, -0.15) is 0 Å². The molecule has 132 valence electrons. The summed E-state index contributed by atoms with van der Waals surface area (Å²) in [6.45, 7) is 3.68. The van der Waals surface area contributed by atoms with Crippen LogP contribution < -0.4 is 11.1 Å². The first-order chi connectivity index (χ1) is 10.0. The van der Waals surface area contributed by atoms with Gasteiger partial charge in [0.1, 0.15) is 5.82 Å². The summed E-state index contributed by atoms with van der Waals surface area (Å²) in [4.78, 5) is 13.8. The number of likely N-dealkylation sites (tertiary alicyclic amines) is 1. The predicted molar refractivity (Wildman–Crippen MR) is 96.1 cm³/mol. The first kappa shape index (κ1) is 22.4. The molecule has 1 amide bonds. The molecule has 0 bridgehead atoms. The minimum Gasteiger partial charge on any atom is -0.353 e. The number of halogens is 4. The van der Waals surface area contributed by atoms with E-state index >= 15 is 0 Å². The maximum Gasteiger partial charge on any atom is 0.236 e. The van der Waals surface area contributed by atoms with Crippen molar-refractivity contribution in [2.75, 3.05) is 19.6 Å². The summed E-state index contributed by atoms with van der Waals surface area (Å²) in [6, 6.07) is 3.82. The van der Waals surface area contributed by atoms with Crippen molar-refractivity contribution in [1.29, 1.82) is 0 Å². The Morgan fingerprint density at radius 3 is 2.52 bits per heavy atom. The lowest BCUT2D eigenvalue weighted by atomic mass is 10.0. The van der Waals surface area contributed by atoms with Gasteiger partial charge in [-0.15, -0.1) is 24.8 Å². The van der Waals surface area contributed by atoms with Gasteiger partial charge >= 0.3 is 0 Å². The quantitative estimate of drug-likeness (QED) is 0.818. The zero-order valence-corrected chi connectivity index (χ0v) is 15.3. The fraction of sp³-hybridized carbons (Fsp3) is 0.533. The van der Waals surface area contributed by atoms with Crippen LogP contribution in [0.4, 0.5) is 4.39 Å². The van der Waals surface area contributed by atoms with Gasteiger partial charge in [-0.1, -0.05) is 17.7 Å². The van der Waals surface area contributed by atoms with Crippen LogP contribution in [0.2, 0.25) is 5.02 Å². The average molecular weight is 387 g/mol. The minimum atomic E-state index is -0.583. The van der Waals surface area contributed by atoms with E-state index in [4.69, 9.17) is 17.3 Å². The Bertz CT molecular complexity index is 490. The Balaban J connectivity index is 0.00000242. The molecule has 0 saturated carbocycles. The minimum absolute atomic E-state index is 0. The van der Waals surface area contributed by atoms with Crippen molar-refractivity contribution in [3.63, 3.8) is 0 Å². The number of carbonyl (C=O) groups excluding carboxylic acids is 1. The first-order valence-corrected chi connectivity index (χ1v) is 7.59. The summed E-state index contributed by atoms with van der Waals surface area (Å²) >= 11 is 6.18. The molecule has 1 saturated heterocycles. The molecular formula is C15H23Cl3FN3O. The second-order valence-corrected chi connectivity index (χ2v) is 5.84. The summed E-state index contributed by atoms with van der Waals surface area (Å²) in [5, 5.41) is 3.17. The Labute approximate surface area is 153 Å². The maximum atomic E-state index is 14.2. The van der Waals surface area contributed by atoms with Crippen LogP contribution in [0, 0.1) is 5.82 Å². The summed E-state index contributed by atoms with van der Waals surface area (Å²) in [6.07, 6.45) is 2.15. The number of carbonyl (C=O) groups is 1. The van der Waals surface area contributed by atoms with Crippen LogP contribution in [0.15, 0.2) is 18.2 Å². The second kappa shape index (κ2) is 10.3. The molecule has 0 spiro atoms. The molecule has 8 heteroatoms. The molecule has 0 aromatic heterocycles. The van der Waals surface area contributed by atoms with E-state index in [1.54, 1.807) is 19.1 Å². The number of amides is 1. The van der Waals surface area contributed by atoms with E-state index in [-0.39, 0.29) is 42.6 Å². The summed E-state index contributed by atoms with van der Waals surface area (Å²) in [5.74, 6) is -0.582. The molecular weight excluding hydrogens is 364 g/mol. The van der Waals surface area contributed by atoms with E-state index in [1.807, 2.05) is 0 Å². The molecule has 1 aromatic carbocycles. The van der Waals surface area contributed by atoms with Crippen molar-refractivity contribution in [3.8, 4) is 0 Å². The highest BCUT2D eigenvalue weighted by Gasteiger charge is 2.28. The van der Waals surface area contributed by atoms with Crippen LogP contribution in [-0.2, 0) is 4.79 Å². The zero-order chi connectivity index (χ0) is 15.4. The predicted octanol–water partition coefficient (Wildman–Crippen LogP) is 2.92. The smallest absolute Gasteiger partial charge is 0.236 e. The summed E-state index contributed by atoms with van der Waals surface area (Å²) in [5.41, 5.74) is 6.00. The molecule has 1 aliphatic rings. The van der Waals surface area contributed by atoms with Gasteiger partial charge in [0.15, 0.2) is 0 Å². The zero-order valence-electron chi connectivity index (χ0n) is 12.9. The van der Waals surface area contributed by atoms with Crippen molar-refractivity contribution in [2.24, 2.45) is 5.73 Å². The molecule has 23 heavy (non-hydrogen) atoms. The normalized spacial score (nSPS) is 16.9. The van der Waals surface area contributed by atoms with E-state index in [2.05, 4.69) is 10.2 Å². The molecule has 1 aliphatic heterocycles. The highest BCUT2D eigenvalue weighted by Crippen LogP contribution is 2.31. The lowest BCUT2D eigenvalue weighted by Gasteiger charge is -2.29. The summed E-state index contributed by atoms with van der Waals surface area (Å²) < 4.78 is 14.2. The molecule has 2 rings (SSSR count).